The van der Waals surface area contributed by atoms with Crippen molar-refractivity contribution >= 4 is 17.8 Å². The Morgan fingerprint density at radius 3 is 2.73 bits per heavy atom. The normalized spacial score (nSPS) is 15.8. The zero-order valence-electron chi connectivity index (χ0n) is 17.2. The summed E-state index contributed by atoms with van der Waals surface area (Å²) in [5, 5.41) is 2.76. The van der Waals surface area contributed by atoms with Gasteiger partial charge in [-0.2, -0.15) is 0 Å². The summed E-state index contributed by atoms with van der Waals surface area (Å²) in [4.78, 5) is 42.2. The predicted octanol–water partition coefficient (Wildman–Crippen LogP) is 2.03. The summed E-state index contributed by atoms with van der Waals surface area (Å²) < 4.78 is 5.25. The maximum absolute atomic E-state index is 12.2. The van der Waals surface area contributed by atoms with Crippen LogP contribution in [0.2, 0.25) is 0 Å². The number of aromatic nitrogens is 1. The number of rotatable bonds is 9. The minimum Gasteiger partial charge on any atom is -0.464 e. The lowest BCUT2D eigenvalue weighted by molar-refractivity contribution is -0.148. The minimum atomic E-state index is -0.474. The van der Waals surface area contributed by atoms with E-state index < -0.39 is 11.9 Å². The molecule has 7 heteroatoms. The first kappa shape index (κ1) is 21.5. The third-order valence-electron chi connectivity index (χ3n) is 5.06. The Morgan fingerprint density at radius 1 is 1.20 bits per heavy atom. The molecule has 3 rings (SSSR count). The largest absolute Gasteiger partial charge is 0.464 e. The summed E-state index contributed by atoms with van der Waals surface area (Å²) in [5.41, 5.74) is 3.09. The van der Waals surface area contributed by atoms with Crippen molar-refractivity contribution in [2.75, 3.05) is 19.7 Å². The van der Waals surface area contributed by atoms with E-state index in [0.717, 1.165) is 11.3 Å². The van der Waals surface area contributed by atoms with Crippen molar-refractivity contribution < 1.29 is 19.1 Å². The first-order chi connectivity index (χ1) is 14.5. The van der Waals surface area contributed by atoms with Crippen LogP contribution >= 0.6 is 0 Å². The van der Waals surface area contributed by atoms with Gasteiger partial charge in [0.15, 0.2) is 0 Å². The van der Waals surface area contributed by atoms with Gasteiger partial charge in [-0.25, -0.2) is 0 Å². The van der Waals surface area contributed by atoms with Crippen LogP contribution in [0.3, 0.4) is 0 Å². The molecule has 0 bridgehead atoms. The second kappa shape index (κ2) is 10.5. The van der Waals surface area contributed by atoms with Gasteiger partial charge in [0, 0.05) is 25.6 Å². The van der Waals surface area contributed by atoms with Crippen LogP contribution < -0.4 is 5.32 Å². The number of nitrogens with one attached hydrogen (secondary N) is 1. The van der Waals surface area contributed by atoms with E-state index in [1.807, 2.05) is 49.4 Å². The van der Waals surface area contributed by atoms with Gasteiger partial charge < -0.3 is 15.0 Å². The average Bonchev–Trinajstić information content (AvgIpc) is 3.12. The first-order valence-corrected chi connectivity index (χ1v) is 10.2. The minimum absolute atomic E-state index is 0.0768. The summed E-state index contributed by atoms with van der Waals surface area (Å²) in [6.45, 7) is 3.10. The quantitative estimate of drug-likeness (QED) is 0.506. The molecule has 1 aliphatic rings. The lowest BCUT2D eigenvalue weighted by atomic mass is 10.1. The van der Waals surface area contributed by atoms with Crippen molar-refractivity contribution in [3.63, 3.8) is 0 Å². The molecule has 1 N–H and O–H groups in total. The Labute approximate surface area is 176 Å². The molecule has 0 aliphatic carbocycles. The van der Waals surface area contributed by atoms with Gasteiger partial charge in [-0.15, -0.1) is 0 Å². The topological polar surface area (TPSA) is 88.6 Å². The number of carbonyl (C=O) groups is 3. The van der Waals surface area contributed by atoms with Gasteiger partial charge in [-0.05, 0) is 31.0 Å². The van der Waals surface area contributed by atoms with Crippen LogP contribution in [0.5, 0.6) is 0 Å². The molecule has 2 amide bonds. The van der Waals surface area contributed by atoms with Crippen molar-refractivity contribution in [2.24, 2.45) is 5.92 Å². The third-order valence-corrected chi connectivity index (χ3v) is 5.06. The van der Waals surface area contributed by atoms with Crippen LogP contribution in [-0.2, 0) is 32.1 Å². The van der Waals surface area contributed by atoms with E-state index in [9.17, 15) is 14.4 Å². The van der Waals surface area contributed by atoms with E-state index in [1.54, 1.807) is 11.1 Å². The molecule has 0 radical (unpaired) electrons. The molecule has 2 aromatic rings. The number of ether oxygens (including phenoxy) is 1. The van der Waals surface area contributed by atoms with E-state index in [2.05, 4.69) is 10.3 Å². The van der Waals surface area contributed by atoms with Gasteiger partial charge in [0.1, 0.15) is 6.61 Å². The second-order valence-electron chi connectivity index (χ2n) is 7.50. The standard InChI is InChI=1S/C23H27N3O4/c1-17-5-7-18(8-6-17)9-10-21(27)25-12-13-30-23(29)19-14-22(28)26(15-19)16-20-4-2-3-11-24-20/h2-8,11,19H,9-10,12-16H2,1H3,(H,25,27). The molecule has 7 nitrogen and oxygen atoms in total. The molecule has 1 fully saturated rings. The van der Waals surface area contributed by atoms with E-state index >= 15 is 0 Å². The molecule has 0 spiro atoms. The number of esters is 1. The van der Waals surface area contributed by atoms with Gasteiger partial charge >= 0.3 is 5.97 Å². The fourth-order valence-electron chi connectivity index (χ4n) is 3.33. The highest BCUT2D eigenvalue weighted by Gasteiger charge is 2.35. The number of nitrogens with zero attached hydrogens (tertiary/aromatic N) is 2. The smallest absolute Gasteiger partial charge is 0.311 e. The van der Waals surface area contributed by atoms with Gasteiger partial charge in [-0.1, -0.05) is 35.9 Å². The SMILES string of the molecule is Cc1ccc(CCC(=O)NCCOC(=O)C2CC(=O)N(Cc3ccccn3)C2)cc1. The molecule has 1 aromatic carbocycles. The summed E-state index contributed by atoms with van der Waals surface area (Å²) in [6, 6.07) is 13.6. The van der Waals surface area contributed by atoms with Gasteiger partial charge in [-0.3, -0.25) is 19.4 Å². The maximum atomic E-state index is 12.2. The Bertz CT molecular complexity index is 868. The number of carbonyl (C=O) groups excluding carboxylic acids is 3. The third kappa shape index (κ3) is 6.40. The van der Waals surface area contributed by atoms with Crippen LogP contribution in [0.4, 0.5) is 0 Å². The first-order valence-electron chi connectivity index (χ1n) is 10.2. The molecular formula is C23H27N3O4. The summed E-state index contributed by atoms with van der Waals surface area (Å²) >= 11 is 0. The van der Waals surface area contributed by atoms with Crippen molar-refractivity contribution in [2.45, 2.75) is 32.7 Å². The Balaban J connectivity index is 1.32. The molecule has 158 valence electrons. The number of pyridine rings is 1. The highest BCUT2D eigenvalue weighted by atomic mass is 16.5. The second-order valence-corrected chi connectivity index (χ2v) is 7.50. The zero-order valence-corrected chi connectivity index (χ0v) is 17.2. The molecule has 30 heavy (non-hydrogen) atoms. The Morgan fingerprint density at radius 2 is 2.00 bits per heavy atom. The van der Waals surface area contributed by atoms with Gasteiger partial charge in [0.05, 0.1) is 24.7 Å². The van der Waals surface area contributed by atoms with Crippen LogP contribution in [-0.4, -0.2) is 47.4 Å². The molecule has 1 aromatic heterocycles. The average molecular weight is 409 g/mol. The maximum Gasteiger partial charge on any atom is 0.311 e. The molecule has 1 aliphatic heterocycles. The number of hydrogen-bond acceptors (Lipinski definition) is 5. The molecule has 1 unspecified atom stereocenters. The molecule has 2 heterocycles. The Kier molecular flexibility index (Phi) is 7.54. The van der Waals surface area contributed by atoms with Crippen LogP contribution in [0.1, 0.15) is 29.7 Å². The Hall–Kier alpha value is -3.22. The summed E-state index contributed by atoms with van der Waals surface area (Å²) in [6.07, 6.45) is 2.88. The number of aryl methyl sites for hydroxylation is 2. The molecule has 1 saturated heterocycles. The van der Waals surface area contributed by atoms with Crippen LogP contribution in [0.25, 0.3) is 0 Å². The molecular weight excluding hydrogens is 382 g/mol. The molecule has 1 atom stereocenters. The van der Waals surface area contributed by atoms with Crippen molar-refractivity contribution in [3.05, 3.63) is 65.5 Å². The number of benzene rings is 1. The number of amides is 2. The lowest BCUT2D eigenvalue weighted by Crippen LogP contribution is -2.30. The number of likely N-dealkylation sites (tertiary alicyclic amines) is 1. The van der Waals surface area contributed by atoms with Crippen LogP contribution in [0.15, 0.2) is 48.7 Å². The van der Waals surface area contributed by atoms with Crippen molar-refractivity contribution in [1.29, 1.82) is 0 Å². The van der Waals surface area contributed by atoms with Crippen molar-refractivity contribution in [3.8, 4) is 0 Å². The predicted molar refractivity (Wildman–Crippen MR) is 111 cm³/mol. The van der Waals surface area contributed by atoms with Crippen molar-refractivity contribution in [1.82, 2.24) is 15.2 Å². The van der Waals surface area contributed by atoms with E-state index in [1.165, 1.54) is 5.56 Å². The highest BCUT2D eigenvalue weighted by molar-refractivity contribution is 5.86. The zero-order chi connectivity index (χ0) is 21.3. The summed E-state index contributed by atoms with van der Waals surface area (Å²) in [7, 11) is 0. The summed E-state index contributed by atoms with van der Waals surface area (Å²) in [5.74, 6) is -1.03. The number of hydrogen-bond donors (Lipinski definition) is 1. The fourth-order valence-corrected chi connectivity index (χ4v) is 3.33. The van der Waals surface area contributed by atoms with E-state index in [4.69, 9.17) is 4.74 Å². The monoisotopic (exact) mass is 409 g/mol. The van der Waals surface area contributed by atoms with E-state index in [0.29, 0.717) is 25.9 Å². The highest BCUT2D eigenvalue weighted by Crippen LogP contribution is 2.20. The van der Waals surface area contributed by atoms with E-state index in [-0.39, 0.29) is 31.4 Å². The van der Waals surface area contributed by atoms with Gasteiger partial charge in [0.25, 0.3) is 0 Å². The van der Waals surface area contributed by atoms with Crippen LogP contribution in [0, 0.1) is 12.8 Å². The fraction of sp³-hybridized carbons (Fsp3) is 0.391. The lowest BCUT2D eigenvalue weighted by Gasteiger charge is -2.15. The van der Waals surface area contributed by atoms with Gasteiger partial charge in [0.2, 0.25) is 11.8 Å². The molecule has 0 saturated carbocycles.